The van der Waals surface area contributed by atoms with E-state index < -0.39 is 23.8 Å². The Morgan fingerprint density at radius 2 is 1.55 bits per heavy atom. The highest BCUT2D eigenvalue weighted by Gasteiger charge is 2.67. The maximum Gasteiger partial charge on any atom is 0.262 e. The summed E-state index contributed by atoms with van der Waals surface area (Å²) < 4.78 is 6.49. The SMILES string of the molecule is [C-]#[N+]c1ccc(OC2C(C)(C)C(N3Cc4cc(C#CC5CCN(C6CC7(C6)CN(c6ccc8c(c6)C(=O)N(C6CCC(=O)NC6=O)C8=O)C7)CC5)ccc4C3=O)C2(C)C)cc1Cl. The Bertz CT molecular complexity index is 2570. The zero-order valence-electron chi connectivity index (χ0n) is 35.4. The molecule has 1 N–H and O–H groups in total. The van der Waals surface area contributed by atoms with Crippen LogP contribution in [0.1, 0.15) is 108 Å². The Morgan fingerprint density at radius 1 is 0.839 bits per heavy atom. The number of imide groups is 2. The smallest absolute Gasteiger partial charge is 0.262 e. The molecule has 3 aromatic carbocycles. The van der Waals surface area contributed by atoms with Crippen LogP contribution in [0.2, 0.25) is 5.02 Å². The summed E-state index contributed by atoms with van der Waals surface area (Å²) in [6, 6.07) is 16.1. The molecular formula is C49H49ClN6O6. The highest BCUT2D eigenvalue weighted by atomic mass is 35.5. The second-order valence-electron chi connectivity index (χ2n) is 19.7. The number of benzene rings is 3. The Hall–Kier alpha value is -5.69. The van der Waals surface area contributed by atoms with Gasteiger partial charge in [-0.3, -0.25) is 34.2 Å². The summed E-state index contributed by atoms with van der Waals surface area (Å²) in [6.07, 6.45) is 4.42. The first-order valence-corrected chi connectivity index (χ1v) is 22.1. The van der Waals surface area contributed by atoms with Crippen LogP contribution >= 0.6 is 11.6 Å². The second kappa shape index (κ2) is 14.4. The molecule has 0 aromatic heterocycles. The van der Waals surface area contributed by atoms with Gasteiger partial charge in [-0.1, -0.05) is 57.2 Å². The molecular weight excluding hydrogens is 804 g/mol. The monoisotopic (exact) mass is 852 g/mol. The summed E-state index contributed by atoms with van der Waals surface area (Å²) in [4.78, 5) is 75.8. The van der Waals surface area contributed by atoms with E-state index in [-0.39, 0.29) is 53.0 Å². The molecule has 5 heterocycles. The average Bonchev–Trinajstić information content (AvgIpc) is 3.65. The molecule has 3 aromatic rings. The lowest BCUT2D eigenvalue weighted by Crippen LogP contribution is -2.74. The predicted octanol–water partition coefficient (Wildman–Crippen LogP) is 6.86. The van der Waals surface area contributed by atoms with Crippen LogP contribution in [0.3, 0.4) is 0 Å². The van der Waals surface area contributed by atoms with Crippen LogP contribution in [0.15, 0.2) is 54.6 Å². The van der Waals surface area contributed by atoms with Crippen molar-refractivity contribution in [1.82, 2.24) is 20.0 Å². The quantitative estimate of drug-likeness (QED) is 0.162. The third-order valence-electron chi connectivity index (χ3n) is 14.9. The van der Waals surface area contributed by atoms with E-state index in [4.69, 9.17) is 22.9 Å². The third-order valence-corrected chi connectivity index (χ3v) is 15.3. The van der Waals surface area contributed by atoms with Crippen molar-refractivity contribution in [2.24, 2.45) is 22.2 Å². The number of ether oxygens (including phenoxy) is 1. The first-order valence-electron chi connectivity index (χ1n) is 21.7. The van der Waals surface area contributed by atoms with Gasteiger partial charge in [0.15, 0.2) is 0 Å². The Morgan fingerprint density at radius 3 is 2.24 bits per heavy atom. The number of halogens is 1. The van der Waals surface area contributed by atoms with Gasteiger partial charge in [0.1, 0.15) is 17.9 Å². The zero-order valence-corrected chi connectivity index (χ0v) is 36.2. The van der Waals surface area contributed by atoms with Gasteiger partial charge in [0.25, 0.3) is 17.7 Å². The summed E-state index contributed by atoms with van der Waals surface area (Å²) in [6.45, 7) is 20.3. The van der Waals surface area contributed by atoms with Crippen molar-refractivity contribution < 1.29 is 28.7 Å². The Balaban J connectivity index is 0.703. The highest BCUT2D eigenvalue weighted by Crippen LogP contribution is 2.59. The van der Waals surface area contributed by atoms with Crippen molar-refractivity contribution in [2.45, 2.75) is 97.0 Å². The van der Waals surface area contributed by atoms with Gasteiger partial charge in [0, 0.05) is 77.1 Å². The predicted molar refractivity (Wildman–Crippen MR) is 232 cm³/mol. The minimum Gasteiger partial charge on any atom is -0.489 e. The van der Waals surface area contributed by atoms with Crippen LogP contribution < -0.4 is 15.0 Å². The molecule has 62 heavy (non-hydrogen) atoms. The number of fused-ring (bicyclic) bond motifs is 2. The average molecular weight is 853 g/mol. The molecule has 5 fully saturated rings. The number of nitrogens with one attached hydrogen (secondary N) is 1. The van der Waals surface area contributed by atoms with E-state index >= 15 is 0 Å². The molecule has 12 nitrogen and oxygen atoms in total. The van der Waals surface area contributed by atoms with E-state index in [0.717, 1.165) is 79.1 Å². The van der Waals surface area contributed by atoms with E-state index in [1.54, 1.807) is 30.3 Å². The van der Waals surface area contributed by atoms with E-state index in [9.17, 15) is 24.0 Å². The highest BCUT2D eigenvalue weighted by molar-refractivity contribution is 6.33. The van der Waals surface area contributed by atoms with Crippen LogP contribution in [0.25, 0.3) is 4.85 Å². The van der Waals surface area contributed by atoms with Crippen molar-refractivity contribution in [1.29, 1.82) is 0 Å². The number of amides is 5. The molecule has 0 bridgehead atoms. The van der Waals surface area contributed by atoms with Crippen molar-refractivity contribution in [2.75, 3.05) is 31.1 Å². The van der Waals surface area contributed by atoms with Crippen LogP contribution in [0.4, 0.5) is 11.4 Å². The summed E-state index contributed by atoms with van der Waals surface area (Å²) in [5.74, 6) is 6.06. The van der Waals surface area contributed by atoms with Crippen molar-refractivity contribution >= 4 is 52.5 Å². The Kier molecular flexibility index (Phi) is 9.40. The lowest BCUT2D eigenvalue weighted by molar-refractivity contribution is -0.199. The van der Waals surface area contributed by atoms with E-state index in [0.29, 0.717) is 46.1 Å². The van der Waals surface area contributed by atoms with Crippen LogP contribution in [-0.2, 0) is 16.1 Å². The maximum atomic E-state index is 13.8. The summed E-state index contributed by atoms with van der Waals surface area (Å²) >= 11 is 6.31. The molecule has 3 saturated heterocycles. The van der Waals surface area contributed by atoms with Gasteiger partial charge in [-0.05, 0) is 99.3 Å². The fraction of sp³-hybridized carbons (Fsp3) is 0.469. The summed E-state index contributed by atoms with van der Waals surface area (Å²) in [5.41, 5.74) is 4.23. The minimum atomic E-state index is -0.967. The standard InChI is InChI=1S/C49H49ClN6O6/c1-47(2)45(48(3,4)46(47)62-33-10-13-38(51-5)37(50)22-33)55-25-30-20-29(8-11-34(30)42(55)59)7-6-28-16-18-53(19-17-28)32-23-49(24-32)26-54(27-49)31-9-12-35-36(21-31)44(61)56(43(35)60)39-14-15-40(57)52-41(39)58/h8-13,20-22,28,32,39,45-46H,14-19,23-27H2,1-4H3,(H,52,57,58). The topological polar surface area (TPSA) is 124 Å². The van der Waals surface area contributed by atoms with Crippen molar-refractivity contribution in [3.05, 3.63) is 98.9 Å². The lowest BCUT2D eigenvalue weighted by Gasteiger charge is -2.65. The number of anilines is 1. The number of piperidine rings is 2. The normalized spacial score (nSPS) is 26.2. The van der Waals surface area contributed by atoms with Gasteiger partial charge < -0.3 is 19.4 Å². The Labute approximate surface area is 366 Å². The van der Waals surface area contributed by atoms with Crippen molar-refractivity contribution in [3.8, 4) is 17.6 Å². The molecule has 5 amide bonds. The summed E-state index contributed by atoms with van der Waals surface area (Å²) in [5, 5.41) is 2.62. The van der Waals surface area contributed by atoms with Gasteiger partial charge >= 0.3 is 0 Å². The number of carbonyl (C=O) groups excluding carboxylic acids is 5. The molecule has 2 aliphatic carbocycles. The first kappa shape index (κ1) is 40.4. The van der Waals surface area contributed by atoms with Gasteiger partial charge in [-0.25, -0.2) is 4.85 Å². The van der Waals surface area contributed by atoms with Gasteiger partial charge in [-0.2, -0.15) is 0 Å². The number of likely N-dealkylation sites (tertiary alicyclic amines) is 1. The zero-order chi connectivity index (χ0) is 43.5. The van der Waals surface area contributed by atoms with Gasteiger partial charge in [0.05, 0.1) is 22.7 Å². The molecule has 13 heteroatoms. The van der Waals surface area contributed by atoms with E-state index in [2.05, 4.69) is 65.6 Å². The van der Waals surface area contributed by atoms with Crippen LogP contribution in [0.5, 0.6) is 5.75 Å². The molecule has 7 aliphatic rings. The number of hydrogen-bond acceptors (Lipinski definition) is 8. The largest absolute Gasteiger partial charge is 0.489 e. The van der Waals surface area contributed by atoms with Crippen LogP contribution in [0, 0.1) is 40.6 Å². The molecule has 0 radical (unpaired) electrons. The van der Waals surface area contributed by atoms with E-state index in [1.165, 1.54) is 0 Å². The number of rotatable bonds is 6. The van der Waals surface area contributed by atoms with E-state index in [1.807, 2.05) is 23.1 Å². The molecule has 10 rings (SSSR count). The minimum absolute atomic E-state index is 0.0438. The molecule has 2 saturated carbocycles. The molecule has 1 atom stereocenters. The molecule has 318 valence electrons. The second-order valence-corrected chi connectivity index (χ2v) is 20.2. The fourth-order valence-corrected chi connectivity index (χ4v) is 12.5. The molecule has 1 spiro atoms. The van der Waals surface area contributed by atoms with Crippen molar-refractivity contribution in [3.63, 3.8) is 0 Å². The molecule has 5 aliphatic heterocycles. The number of carbonyl (C=O) groups is 5. The maximum absolute atomic E-state index is 13.8. The lowest BCUT2D eigenvalue weighted by atomic mass is 9.49. The summed E-state index contributed by atoms with van der Waals surface area (Å²) in [7, 11) is 0. The van der Waals surface area contributed by atoms with Gasteiger partial charge in [-0.15, -0.1) is 0 Å². The number of nitrogens with zero attached hydrogens (tertiary/aromatic N) is 5. The molecule has 1 unspecified atom stereocenters. The first-order chi connectivity index (χ1) is 29.6. The fourth-order valence-electron chi connectivity index (χ4n) is 12.3. The number of hydrogen-bond donors (Lipinski definition) is 1. The third kappa shape index (κ3) is 6.40. The van der Waals surface area contributed by atoms with Gasteiger partial charge in [0.2, 0.25) is 17.5 Å². The van der Waals surface area contributed by atoms with Crippen LogP contribution in [-0.4, -0.2) is 94.6 Å².